The standard InChI is InChI=1S/C8H6ClN3O3S/c9-5-2-1-4(3-6(5)12(14)15)7(13)11-8(10)16/h1-3H,(H3,10,11,13,16). The molecule has 1 rings (SSSR count). The molecule has 0 aliphatic rings. The van der Waals surface area contributed by atoms with E-state index in [0.717, 1.165) is 6.07 Å². The van der Waals surface area contributed by atoms with Gasteiger partial charge < -0.3 is 5.73 Å². The molecule has 16 heavy (non-hydrogen) atoms. The molecule has 1 aromatic rings. The molecule has 0 aliphatic carbocycles. The van der Waals surface area contributed by atoms with Crippen LogP contribution in [-0.2, 0) is 0 Å². The molecule has 0 heterocycles. The van der Waals surface area contributed by atoms with Crippen LogP contribution in [0.25, 0.3) is 0 Å². The number of nitrogens with zero attached hydrogens (tertiary/aromatic N) is 1. The van der Waals surface area contributed by atoms with Gasteiger partial charge in [-0.3, -0.25) is 20.2 Å². The third-order valence-corrected chi connectivity index (χ3v) is 2.06. The van der Waals surface area contributed by atoms with Crippen LogP contribution in [0, 0.1) is 10.1 Å². The van der Waals surface area contributed by atoms with Gasteiger partial charge in [0.05, 0.1) is 4.92 Å². The van der Waals surface area contributed by atoms with Crippen molar-refractivity contribution in [2.75, 3.05) is 0 Å². The summed E-state index contributed by atoms with van der Waals surface area (Å²) in [5.74, 6) is -0.618. The lowest BCUT2D eigenvalue weighted by Gasteiger charge is -2.02. The Kier molecular flexibility index (Phi) is 3.75. The highest BCUT2D eigenvalue weighted by atomic mass is 35.5. The Labute approximate surface area is 101 Å². The molecule has 0 aliphatic heterocycles. The third-order valence-electron chi connectivity index (χ3n) is 1.64. The predicted molar refractivity (Wildman–Crippen MR) is 62.4 cm³/mol. The van der Waals surface area contributed by atoms with Gasteiger partial charge in [-0.05, 0) is 24.4 Å². The van der Waals surface area contributed by atoms with Gasteiger partial charge in [0.2, 0.25) is 0 Å². The fraction of sp³-hybridized carbons (Fsp3) is 0. The van der Waals surface area contributed by atoms with Gasteiger partial charge in [-0.15, -0.1) is 0 Å². The molecule has 0 atom stereocenters. The number of carbonyl (C=O) groups is 1. The smallest absolute Gasteiger partial charge is 0.288 e. The third kappa shape index (κ3) is 2.88. The maximum atomic E-state index is 11.4. The second kappa shape index (κ2) is 4.86. The number of amides is 1. The number of thiocarbonyl (C=S) groups is 1. The SMILES string of the molecule is NC(=S)NC(=O)c1ccc(Cl)c([N+](=O)[O-])c1. The Hall–Kier alpha value is -1.73. The number of carbonyl (C=O) groups excluding carboxylic acids is 1. The van der Waals surface area contributed by atoms with Crippen molar-refractivity contribution in [3.8, 4) is 0 Å². The number of halogens is 1. The van der Waals surface area contributed by atoms with E-state index in [0.29, 0.717) is 0 Å². The second-order valence-corrected chi connectivity index (χ2v) is 3.59. The molecular weight excluding hydrogens is 254 g/mol. The highest BCUT2D eigenvalue weighted by Crippen LogP contribution is 2.24. The molecule has 84 valence electrons. The first-order valence-corrected chi connectivity index (χ1v) is 4.75. The Morgan fingerprint density at radius 1 is 1.56 bits per heavy atom. The highest BCUT2D eigenvalue weighted by molar-refractivity contribution is 7.80. The summed E-state index contributed by atoms with van der Waals surface area (Å²) in [6.07, 6.45) is 0. The number of nitrogens with two attached hydrogens (primary N) is 1. The monoisotopic (exact) mass is 259 g/mol. The van der Waals surface area contributed by atoms with Crippen LogP contribution in [0.5, 0.6) is 0 Å². The van der Waals surface area contributed by atoms with Crippen LogP contribution in [0.4, 0.5) is 5.69 Å². The van der Waals surface area contributed by atoms with E-state index in [1.165, 1.54) is 12.1 Å². The fourth-order valence-corrected chi connectivity index (χ4v) is 1.26. The van der Waals surface area contributed by atoms with Gasteiger partial charge in [0, 0.05) is 11.6 Å². The van der Waals surface area contributed by atoms with Gasteiger partial charge in [-0.25, -0.2) is 0 Å². The summed E-state index contributed by atoms with van der Waals surface area (Å²) in [4.78, 5) is 21.3. The van der Waals surface area contributed by atoms with Crippen molar-refractivity contribution in [1.82, 2.24) is 5.32 Å². The second-order valence-electron chi connectivity index (χ2n) is 2.74. The van der Waals surface area contributed by atoms with Crippen LogP contribution in [0.1, 0.15) is 10.4 Å². The Morgan fingerprint density at radius 3 is 2.69 bits per heavy atom. The van der Waals surface area contributed by atoms with Crippen molar-refractivity contribution in [2.24, 2.45) is 5.73 Å². The lowest BCUT2D eigenvalue weighted by molar-refractivity contribution is -0.384. The zero-order valence-electron chi connectivity index (χ0n) is 7.77. The van der Waals surface area contributed by atoms with E-state index in [-0.39, 0.29) is 21.4 Å². The lowest BCUT2D eigenvalue weighted by atomic mass is 10.2. The van der Waals surface area contributed by atoms with E-state index in [9.17, 15) is 14.9 Å². The van der Waals surface area contributed by atoms with Crippen LogP contribution in [-0.4, -0.2) is 15.9 Å². The Balaban J connectivity index is 3.08. The van der Waals surface area contributed by atoms with E-state index < -0.39 is 10.8 Å². The van der Waals surface area contributed by atoms with Gasteiger partial charge in [-0.2, -0.15) is 0 Å². The number of nitro groups is 1. The largest absolute Gasteiger partial charge is 0.376 e. The van der Waals surface area contributed by atoms with Crippen LogP contribution < -0.4 is 11.1 Å². The Morgan fingerprint density at radius 2 is 2.19 bits per heavy atom. The highest BCUT2D eigenvalue weighted by Gasteiger charge is 2.16. The molecule has 1 aromatic carbocycles. The maximum absolute atomic E-state index is 11.4. The van der Waals surface area contributed by atoms with Crippen molar-refractivity contribution in [2.45, 2.75) is 0 Å². The average Bonchev–Trinajstić information content (AvgIpc) is 2.16. The summed E-state index contributed by atoms with van der Waals surface area (Å²) in [6.45, 7) is 0. The number of hydrogen-bond donors (Lipinski definition) is 2. The summed E-state index contributed by atoms with van der Waals surface area (Å²) in [5.41, 5.74) is 4.81. The molecular formula is C8H6ClN3O3S. The molecule has 0 unspecified atom stereocenters. The summed E-state index contributed by atoms with van der Waals surface area (Å²) in [6, 6.07) is 3.65. The van der Waals surface area contributed by atoms with Gasteiger partial charge >= 0.3 is 0 Å². The number of rotatable bonds is 2. The van der Waals surface area contributed by atoms with Crippen LogP contribution in [0.15, 0.2) is 18.2 Å². The minimum Gasteiger partial charge on any atom is -0.376 e. The number of hydrogen-bond acceptors (Lipinski definition) is 4. The van der Waals surface area contributed by atoms with E-state index >= 15 is 0 Å². The number of nitro benzene ring substituents is 1. The van der Waals surface area contributed by atoms with Crippen LogP contribution in [0.2, 0.25) is 5.02 Å². The molecule has 0 bridgehead atoms. The van der Waals surface area contributed by atoms with Crippen molar-refractivity contribution < 1.29 is 9.72 Å². The molecule has 6 nitrogen and oxygen atoms in total. The minimum atomic E-state index is -0.681. The van der Waals surface area contributed by atoms with Crippen LogP contribution in [0.3, 0.4) is 0 Å². The number of benzene rings is 1. The maximum Gasteiger partial charge on any atom is 0.288 e. The molecule has 0 aromatic heterocycles. The van der Waals surface area contributed by atoms with Crippen molar-refractivity contribution >= 4 is 40.5 Å². The fourth-order valence-electron chi connectivity index (χ4n) is 0.978. The summed E-state index contributed by atoms with van der Waals surface area (Å²) in [5, 5.41) is 12.5. The number of nitrogens with one attached hydrogen (secondary N) is 1. The average molecular weight is 260 g/mol. The van der Waals surface area contributed by atoms with Gasteiger partial charge in [0.15, 0.2) is 5.11 Å². The Bertz CT molecular complexity index is 478. The summed E-state index contributed by atoms with van der Waals surface area (Å²) >= 11 is 10.0. The van der Waals surface area contributed by atoms with Crippen molar-refractivity contribution in [1.29, 1.82) is 0 Å². The molecule has 3 N–H and O–H groups in total. The zero-order chi connectivity index (χ0) is 12.3. The van der Waals surface area contributed by atoms with E-state index in [2.05, 4.69) is 17.5 Å². The molecule has 8 heteroatoms. The van der Waals surface area contributed by atoms with Crippen LogP contribution >= 0.6 is 23.8 Å². The molecule has 1 amide bonds. The van der Waals surface area contributed by atoms with Crippen molar-refractivity contribution in [3.05, 3.63) is 38.9 Å². The van der Waals surface area contributed by atoms with Crippen molar-refractivity contribution in [3.63, 3.8) is 0 Å². The van der Waals surface area contributed by atoms with E-state index in [1.54, 1.807) is 0 Å². The molecule has 0 saturated carbocycles. The predicted octanol–water partition coefficient (Wildman–Crippen LogP) is 1.22. The van der Waals surface area contributed by atoms with Gasteiger partial charge in [0.1, 0.15) is 5.02 Å². The molecule has 0 fully saturated rings. The van der Waals surface area contributed by atoms with Gasteiger partial charge in [0.25, 0.3) is 11.6 Å². The summed E-state index contributed by atoms with van der Waals surface area (Å²) in [7, 11) is 0. The molecule has 0 spiro atoms. The first-order valence-electron chi connectivity index (χ1n) is 3.96. The first kappa shape index (κ1) is 12.3. The topological polar surface area (TPSA) is 98.3 Å². The van der Waals surface area contributed by atoms with E-state index in [4.69, 9.17) is 17.3 Å². The summed E-state index contributed by atoms with van der Waals surface area (Å²) < 4.78 is 0. The van der Waals surface area contributed by atoms with Gasteiger partial charge in [-0.1, -0.05) is 11.6 Å². The molecule has 0 saturated heterocycles. The lowest BCUT2D eigenvalue weighted by Crippen LogP contribution is -2.34. The zero-order valence-corrected chi connectivity index (χ0v) is 9.34. The van der Waals surface area contributed by atoms with E-state index in [1.807, 2.05) is 0 Å². The minimum absolute atomic E-state index is 0.0446. The first-order chi connectivity index (χ1) is 7.41. The normalized spacial score (nSPS) is 9.56. The molecule has 0 radical (unpaired) electrons. The quantitative estimate of drug-likeness (QED) is 0.473.